The maximum absolute atomic E-state index is 6.43. The van der Waals surface area contributed by atoms with E-state index in [1.54, 1.807) is 0 Å². The molecule has 0 aliphatic rings. The molecule has 0 aliphatic carbocycles. The third-order valence-corrected chi connectivity index (χ3v) is 9.43. The van der Waals surface area contributed by atoms with E-state index in [1.165, 1.54) is 38.6 Å². The molecule has 0 unspecified atom stereocenters. The number of rotatable bonds is 7. The van der Waals surface area contributed by atoms with Gasteiger partial charge in [0.1, 0.15) is 11.3 Å². The predicted octanol–water partition coefficient (Wildman–Crippen LogP) is 13.7. The van der Waals surface area contributed by atoms with Crippen LogP contribution in [0.2, 0.25) is 0 Å². The van der Waals surface area contributed by atoms with Crippen molar-refractivity contribution in [2.24, 2.45) is 0 Å². The van der Waals surface area contributed by atoms with Crippen LogP contribution in [0, 0.1) is 0 Å². The molecule has 0 atom stereocenters. The maximum atomic E-state index is 6.43. The molecule has 8 aromatic carbocycles. The van der Waals surface area contributed by atoms with Crippen molar-refractivity contribution < 1.29 is 4.42 Å². The molecule has 2 nitrogen and oxygen atoms in total. The molecule has 236 valence electrons. The summed E-state index contributed by atoms with van der Waals surface area (Å²) < 4.78 is 6.43. The minimum atomic E-state index is 0.843. The van der Waals surface area contributed by atoms with Gasteiger partial charge in [-0.25, -0.2) is 0 Å². The lowest BCUT2D eigenvalue weighted by Gasteiger charge is -2.28. The van der Waals surface area contributed by atoms with Crippen LogP contribution < -0.4 is 4.90 Å². The first-order valence-electron chi connectivity index (χ1n) is 17.0. The third kappa shape index (κ3) is 5.63. The summed E-state index contributed by atoms with van der Waals surface area (Å²) in [5, 5.41) is 3.50. The molecular weight excluding hydrogens is 607 g/mol. The summed E-state index contributed by atoms with van der Waals surface area (Å²) in [6.45, 7) is 0. The minimum absolute atomic E-state index is 0.843. The molecule has 50 heavy (non-hydrogen) atoms. The fourth-order valence-corrected chi connectivity index (χ4v) is 6.93. The summed E-state index contributed by atoms with van der Waals surface area (Å²) in [7, 11) is 0. The zero-order valence-electron chi connectivity index (χ0n) is 27.4. The van der Waals surface area contributed by atoms with Crippen molar-refractivity contribution in [2.75, 3.05) is 4.90 Å². The lowest BCUT2D eigenvalue weighted by Crippen LogP contribution is -2.11. The summed E-state index contributed by atoms with van der Waals surface area (Å²) in [5.41, 5.74) is 12.2. The van der Waals surface area contributed by atoms with Gasteiger partial charge in [-0.3, -0.25) is 0 Å². The number of fused-ring (bicyclic) bond motifs is 2. The van der Waals surface area contributed by atoms with Crippen LogP contribution in [-0.4, -0.2) is 0 Å². The summed E-state index contributed by atoms with van der Waals surface area (Å²) in [6.07, 6.45) is 0. The number of anilines is 3. The highest BCUT2D eigenvalue weighted by Crippen LogP contribution is 2.43. The van der Waals surface area contributed by atoms with Crippen molar-refractivity contribution in [2.45, 2.75) is 0 Å². The van der Waals surface area contributed by atoms with E-state index < -0.39 is 0 Å². The van der Waals surface area contributed by atoms with Crippen LogP contribution in [-0.2, 0) is 0 Å². The number of para-hydroxylation sites is 2. The van der Waals surface area contributed by atoms with Crippen LogP contribution in [0.1, 0.15) is 0 Å². The Kier molecular flexibility index (Phi) is 7.53. The number of furan rings is 1. The van der Waals surface area contributed by atoms with Gasteiger partial charge in [-0.15, -0.1) is 0 Å². The van der Waals surface area contributed by atoms with Crippen molar-refractivity contribution in [3.05, 3.63) is 200 Å². The molecule has 0 aliphatic heterocycles. The first-order valence-corrected chi connectivity index (χ1v) is 17.0. The van der Waals surface area contributed by atoms with E-state index in [4.69, 9.17) is 4.42 Å². The van der Waals surface area contributed by atoms with Crippen LogP contribution in [0.25, 0.3) is 66.4 Å². The maximum Gasteiger partial charge on any atom is 0.137 e. The van der Waals surface area contributed by atoms with Gasteiger partial charge in [0.15, 0.2) is 0 Å². The van der Waals surface area contributed by atoms with Crippen LogP contribution >= 0.6 is 0 Å². The van der Waals surface area contributed by atoms with E-state index >= 15 is 0 Å². The van der Waals surface area contributed by atoms with Crippen molar-refractivity contribution in [1.29, 1.82) is 0 Å². The molecule has 1 aromatic heterocycles. The van der Waals surface area contributed by atoms with Crippen LogP contribution in [0.5, 0.6) is 0 Å². The fraction of sp³-hybridized carbons (Fsp3) is 0. The average Bonchev–Trinajstić information content (AvgIpc) is 3.63. The topological polar surface area (TPSA) is 16.4 Å². The molecule has 0 bridgehead atoms. The molecule has 0 saturated heterocycles. The molecule has 0 saturated carbocycles. The minimum Gasteiger partial charge on any atom is -0.456 e. The Morgan fingerprint density at radius 3 is 1.50 bits per heavy atom. The first kappa shape index (κ1) is 29.5. The van der Waals surface area contributed by atoms with E-state index in [2.05, 4.69) is 193 Å². The van der Waals surface area contributed by atoms with Gasteiger partial charge >= 0.3 is 0 Å². The Labute approximate surface area is 292 Å². The SMILES string of the molecule is c1ccc(-c2cc(-c3ccccc3)cc(-c3ccc(N(c4ccc5ccccc5c4)c4ccccc4-c4cc5ccccc5o4)cc3)c2)cc1. The van der Waals surface area contributed by atoms with Crippen molar-refractivity contribution >= 4 is 38.8 Å². The Morgan fingerprint density at radius 1 is 0.320 bits per heavy atom. The zero-order chi connectivity index (χ0) is 33.3. The number of hydrogen-bond acceptors (Lipinski definition) is 2. The second-order valence-corrected chi connectivity index (χ2v) is 12.6. The second kappa shape index (κ2) is 12.8. The van der Waals surface area contributed by atoms with E-state index in [-0.39, 0.29) is 0 Å². The molecule has 0 fully saturated rings. The van der Waals surface area contributed by atoms with Gasteiger partial charge in [-0.2, -0.15) is 0 Å². The summed E-state index contributed by atoms with van der Waals surface area (Å²) in [6, 6.07) is 71.1. The number of hydrogen-bond donors (Lipinski definition) is 0. The van der Waals surface area contributed by atoms with E-state index in [9.17, 15) is 0 Å². The largest absolute Gasteiger partial charge is 0.456 e. The van der Waals surface area contributed by atoms with Crippen molar-refractivity contribution in [1.82, 2.24) is 0 Å². The molecule has 9 rings (SSSR count). The van der Waals surface area contributed by atoms with Crippen molar-refractivity contribution in [3.63, 3.8) is 0 Å². The van der Waals surface area contributed by atoms with Gasteiger partial charge in [0.05, 0.1) is 5.69 Å². The van der Waals surface area contributed by atoms with E-state index in [0.717, 1.165) is 44.9 Å². The molecule has 9 aromatic rings. The quantitative estimate of drug-likeness (QED) is 0.173. The highest BCUT2D eigenvalue weighted by Gasteiger charge is 2.20. The monoisotopic (exact) mass is 639 g/mol. The second-order valence-electron chi connectivity index (χ2n) is 12.6. The zero-order valence-corrected chi connectivity index (χ0v) is 27.4. The molecule has 0 radical (unpaired) electrons. The summed E-state index contributed by atoms with van der Waals surface area (Å²) in [4.78, 5) is 2.34. The lowest BCUT2D eigenvalue weighted by molar-refractivity contribution is 0.631. The first-order chi connectivity index (χ1) is 24.8. The summed E-state index contributed by atoms with van der Waals surface area (Å²) >= 11 is 0. The Balaban J connectivity index is 1.18. The van der Waals surface area contributed by atoms with E-state index in [1.807, 2.05) is 12.1 Å². The smallest absolute Gasteiger partial charge is 0.137 e. The van der Waals surface area contributed by atoms with Gasteiger partial charge in [0.2, 0.25) is 0 Å². The lowest BCUT2D eigenvalue weighted by atomic mass is 9.93. The Hall–Kier alpha value is -6.64. The van der Waals surface area contributed by atoms with Crippen molar-refractivity contribution in [3.8, 4) is 44.7 Å². The summed E-state index contributed by atoms with van der Waals surface area (Å²) in [5.74, 6) is 0.843. The molecular formula is C48H33NO. The van der Waals surface area contributed by atoms with Gasteiger partial charge in [-0.1, -0.05) is 133 Å². The number of benzene rings is 8. The van der Waals surface area contributed by atoms with Gasteiger partial charge in [0.25, 0.3) is 0 Å². The Morgan fingerprint density at radius 2 is 0.840 bits per heavy atom. The Bertz CT molecular complexity index is 2490. The fourth-order valence-electron chi connectivity index (χ4n) is 6.93. The van der Waals surface area contributed by atoms with Crippen LogP contribution in [0.15, 0.2) is 205 Å². The predicted molar refractivity (Wildman–Crippen MR) is 210 cm³/mol. The normalized spacial score (nSPS) is 11.2. The van der Waals surface area contributed by atoms with E-state index in [0.29, 0.717) is 0 Å². The molecule has 0 amide bonds. The standard InChI is InChI=1S/C48H33NO/c1-3-13-34(14-4-1)40-29-41(35-15-5-2-6-16-35)31-42(30-40)37-23-26-43(27-24-37)49(44-28-25-36-17-7-8-18-38(36)32-44)46-21-11-10-20-45(46)48-33-39-19-9-12-22-47(39)50-48/h1-33H. The van der Waals surface area contributed by atoms with Gasteiger partial charge in [0, 0.05) is 22.3 Å². The van der Waals surface area contributed by atoms with Crippen LogP contribution in [0.3, 0.4) is 0 Å². The third-order valence-electron chi connectivity index (χ3n) is 9.43. The van der Waals surface area contributed by atoms with Crippen LogP contribution in [0.4, 0.5) is 17.1 Å². The molecule has 0 spiro atoms. The average molecular weight is 640 g/mol. The highest BCUT2D eigenvalue weighted by molar-refractivity contribution is 5.94. The molecule has 2 heteroatoms. The number of nitrogens with zero attached hydrogens (tertiary/aromatic N) is 1. The van der Waals surface area contributed by atoms with Gasteiger partial charge < -0.3 is 9.32 Å². The van der Waals surface area contributed by atoms with Gasteiger partial charge in [-0.05, 0) is 111 Å². The molecule has 0 N–H and O–H groups in total. The highest BCUT2D eigenvalue weighted by atomic mass is 16.3. The molecule has 1 heterocycles.